The maximum Gasteiger partial charge on any atom is 0.152 e. The molecule has 0 saturated carbocycles. The van der Waals surface area contributed by atoms with Crippen molar-refractivity contribution < 1.29 is 0 Å². The molecule has 7 nitrogen and oxygen atoms in total. The van der Waals surface area contributed by atoms with Crippen LogP contribution in [0.2, 0.25) is 0 Å². The van der Waals surface area contributed by atoms with Crippen LogP contribution in [0.1, 0.15) is 6.42 Å². The third kappa shape index (κ3) is 2.88. The van der Waals surface area contributed by atoms with Crippen molar-refractivity contribution in [2.45, 2.75) is 11.3 Å². The maximum absolute atomic E-state index is 12.9. The number of quaternary nitrogens is 1. The van der Waals surface area contributed by atoms with Crippen LogP contribution in [0.3, 0.4) is 0 Å². The standard InChI is InChI=1S/C12H16N4O3S/c1-15(2)4-3-5-16(19)8-20-12-10(14-18)6-9(13-17)7-11(12)16/h6-7H,3-5,8H2,1-2H3. The molecule has 0 fully saturated rings. The van der Waals surface area contributed by atoms with Gasteiger partial charge in [0.15, 0.2) is 5.69 Å². The van der Waals surface area contributed by atoms with Gasteiger partial charge in [-0.1, -0.05) is 11.8 Å². The molecule has 1 aliphatic heterocycles. The van der Waals surface area contributed by atoms with Crippen LogP contribution in [-0.4, -0.2) is 38.0 Å². The molecule has 0 N–H and O–H groups in total. The molecule has 0 radical (unpaired) electrons. The molecule has 2 rings (SSSR count). The Balaban J connectivity index is 2.30. The first-order valence-electron chi connectivity index (χ1n) is 6.21. The minimum Gasteiger partial charge on any atom is -0.627 e. The van der Waals surface area contributed by atoms with Gasteiger partial charge in [-0.3, -0.25) is 0 Å². The molecule has 8 heteroatoms. The van der Waals surface area contributed by atoms with Gasteiger partial charge >= 0.3 is 0 Å². The summed E-state index contributed by atoms with van der Waals surface area (Å²) in [6.07, 6.45) is 0.735. The number of thioether (sulfide) groups is 1. The first-order valence-corrected chi connectivity index (χ1v) is 7.19. The van der Waals surface area contributed by atoms with Gasteiger partial charge in [-0.2, -0.15) is 0 Å². The summed E-state index contributed by atoms with van der Waals surface area (Å²) in [6.45, 7) is 1.21. The molecule has 1 atom stereocenters. The van der Waals surface area contributed by atoms with Crippen LogP contribution in [0.25, 0.3) is 0 Å². The zero-order chi connectivity index (χ0) is 14.8. The summed E-state index contributed by atoms with van der Waals surface area (Å²) in [5.41, 5.74) is 0.637. The van der Waals surface area contributed by atoms with E-state index in [9.17, 15) is 15.0 Å². The lowest BCUT2D eigenvalue weighted by molar-refractivity contribution is 0.351. The Bertz CT molecular complexity index is 538. The summed E-state index contributed by atoms with van der Waals surface area (Å²) in [5, 5.41) is 18.6. The molecule has 0 bridgehead atoms. The Morgan fingerprint density at radius 3 is 2.70 bits per heavy atom. The average Bonchev–Trinajstić information content (AvgIpc) is 2.75. The minimum atomic E-state index is -0.542. The van der Waals surface area contributed by atoms with Gasteiger partial charge in [0.25, 0.3) is 0 Å². The van der Waals surface area contributed by atoms with E-state index in [1.807, 2.05) is 19.0 Å². The van der Waals surface area contributed by atoms with Crippen molar-refractivity contribution >= 4 is 28.8 Å². The summed E-state index contributed by atoms with van der Waals surface area (Å²) < 4.78 is -0.542. The smallest absolute Gasteiger partial charge is 0.152 e. The molecular weight excluding hydrogens is 280 g/mol. The van der Waals surface area contributed by atoms with E-state index in [1.54, 1.807) is 0 Å². The lowest BCUT2D eigenvalue weighted by atomic mass is 10.2. The predicted octanol–water partition coefficient (Wildman–Crippen LogP) is 3.30. The second kappa shape index (κ2) is 5.96. The van der Waals surface area contributed by atoms with Crippen LogP contribution in [0.15, 0.2) is 27.4 Å². The van der Waals surface area contributed by atoms with Crippen molar-refractivity contribution in [1.82, 2.24) is 9.55 Å². The molecule has 1 unspecified atom stereocenters. The number of nitroso groups, excluding NO2 is 2. The van der Waals surface area contributed by atoms with E-state index in [-0.39, 0.29) is 11.4 Å². The first-order chi connectivity index (χ1) is 9.50. The predicted molar refractivity (Wildman–Crippen MR) is 81.3 cm³/mol. The minimum absolute atomic E-state index is 0.0757. The molecule has 0 amide bonds. The van der Waals surface area contributed by atoms with Crippen LogP contribution >= 0.6 is 11.8 Å². The number of hydrogen-bond donors (Lipinski definition) is 0. The van der Waals surface area contributed by atoms with Crippen molar-refractivity contribution in [3.05, 3.63) is 27.2 Å². The van der Waals surface area contributed by atoms with E-state index in [2.05, 4.69) is 10.4 Å². The Hall–Kier alpha value is -1.35. The number of benzene rings is 1. The van der Waals surface area contributed by atoms with Crippen LogP contribution in [-0.2, 0) is 0 Å². The van der Waals surface area contributed by atoms with Crippen LogP contribution < -0.4 is 4.65 Å². The molecule has 1 aromatic carbocycles. The van der Waals surface area contributed by atoms with Crippen molar-refractivity contribution in [1.29, 1.82) is 0 Å². The van der Waals surface area contributed by atoms with Crippen molar-refractivity contribution in [3.8, 4) is 0 Å². The molecule has 1 aliphatic rings. The molecule has 0 aromatic heterocycles. The van der Waals surface area contributed by atoms with Crippen molar-refractivity contribution in [3.63, 3.8) is 0 Å². The van der Waals surface area contributed by atoms with E-state index in [0.717, 1.165) is 13.0 Å². The highest BCUT2D eigenvalue weighted by Gasteiger charge is 2.34. The summed E-state index contributed by atoms with van der Waals surface area (Å²) in [7, 11) is 3.90. The highest BCUT2D eigenvalue weighted by atomic mass is 32.2. The van der Waals surface area contributed by atoms with Gasteiger partial charge in [-0.05, 0) is 30.5 Å². The second-order valence-electron chi connectivity index (χ2n) is 5.04. The molecule has 0 spiro atoms. The van der Waals surface area contributed by atoms with Gasteiger partial charge in [0, 0.05) is 19.0 Å². The fourth-order valence-corrected chi connectivity index (χ4v) is 3.44. The molecule has 0 saturated heterocycles. The van der Waals surface area contributed by atoms with E-state index in [0.29, 0.717) is 23.0 Å². The van der Waals surface area contributed by atoms with E-state index in [4.69, 9.17) is 0 Å². The Morgan fingerprint density at radius 2 is 2.10 bits per heavy atom. The van der Waals surface area contributed by atoms with E-state index < -0.39 is 4.65 Å². The summed E-state index contributed by atoms with van der Waals surface area (Å²) >= 11 is 1.31. The Kier molecular flexibility index (Phi) is 4.48. The topological polar surface area (TPSA) is 85.2 Å². The van der Waals surface area contributed by atoms with Crippen molar-refractivity contribution in [2.75, 3.05) is 33.1 Å². The van der Waals surface area contributed by atoms with Gasteiger partial charge in [0.2, 0.25) is 0 Å². The molecule has 1 aromatic rings. The van der Waals surface area contributed by atoms with Gasteiger partial charge in [-0.15, -0.1) is 9.81 Å². The number of nitrogens with zero attached hydrogens (tertiary/aromatic N) is 4. The summed E-state index contributed by atoms with van der Waals surface area (Å²) in [4.78, 5) is 24.1. The van der Waals surface area contributed by atoms with E-state index in [1.165, 1.54) is 23.9 Å². The third-order valence-electron chi connectivity index (χ3n) is 3.22. The van der Waals surface area contributed by atoms with Gasteiger partial charge < -0.3 is 14.8 Å². The average molecular weight is 296 g/mol. The quantitative estimate of drug-likeness (QED) is 0.457. The lowest BCUT2D eigenvalue weighted by Crippen LogP contribution is -2.42. The molecule has 108 valence electrons. The summed E-state index contributed by atoms with van der Waals surface area (Å²) in [5.74, 6) is 0.299. The van der Waals surface area contributed by atoms with Gasteiger partial charge in [0.05, 0.1) is 6.54 Å². The normalized spacial score (nSPS) is 21.0. The monoisotopic (exact) mass is 296 g/mol. The molecular formula is C12H16N4O3S. The zero-order valence-corrected chi connectivity index (χ0v) is 12.2. The third-order valence-corrected chi connectivity index (χ3v) is 4.47. The molecule has 0 aliphatic carbocycles. The van der Waals surface area contributed by atoms with Crippen molar-refractivity contribution in [2.24, 2.45) is 10.4 Å². The fraction of sp³-hybridized carbons (Fsp3) is 0.500. The summed E-state index contributed by atoms with van der Waals surface area (Å²) in [6, 6.07) is 2.79. The maximum atomic E-state index is 12.9. The number of hydrogen-bond acceptors (Lipinski definition) is 7. The lowest BCUT2D eigenvalue weighted by Gasteiger charge is -2.38. The van der Waals surface area contributed by atoms with Gasteiger partial charge in [0.1, 0.15) is 22.1 Å². The first kappa shape index (κ1) is 15.0. The van der Waals surface area contributed by atoms with Gasteiger partial charge in [-0.25, -0.2) is 0 Å². The number of hydroxylamine groups is 2. The highest BCUT2D eigenvalue weighted by Crippen LogP contribution is 2.50. The van der Waals surface area contributed by atoms with E-state index >= 15 is 0 Å². The number of rotatable bonds is 6. The Morgan fingerprint density at radius 1 is 1.35 bits per heavy atom. The van der Waals surface area contributed by atoms with Crippen LogP contribution in [0.5, 0.6) is 0 Å². The number of fused-ring (bicyclic) bond motifs is 1. The zero-order valence-electron chi connectivity index (χ0n) is 11.4. The fourth-order valence-electron chi connectivity index (χ4n) is 2.22. The molecule has 20 heavy (non-hydrogen) atoms. The highest BCUT2D eigenvalue weighted by molar-refractivity contribution is 8.00. The van der Waals surface area contributed by atoms with Crippen LogP contribution in [0.4, 0.5) is 17.1 Å². The second-order valence-corrected chi connectivity index (χ2v) is 5.99. The largest absolute Gasteiger partial charge is 0.627 e. The SMILES string of the molecule is CN(C)CCC[N+]1([O-])CSc2c(N=O)cc(N=O)cc21. The van der Waals surface area contributed by atoms with Crippen LogP contribution in [0, 0.1) is 15.0 Å². The Labute approximate surface area is 121 Å². The molecule has 1 heterocycles.